The summed E-state index contributed by atoms with van der Waals surface area (Å²) < 4.78 is 6.87. The van der Waals surface area contributed by atoms with Crippen molar-refractivity contribution in [3.05, 3.63) is 35.5 Å². The first-order chi connectivity index (χ1) is 10.1. The van der Waals surface area contributed by atoms with E-state index >= 15 is 0 Å². The molecular formula is C14H20N4O3. The Morgan fingerprint density at radius 1 is 1.57 bits per heavy atom. The topological polar surface area (TPSA) is 93.2 Å². The van der Waals surface area contributed by atoms with Crippen molar-refractivity contribution in [2.45, 2.75) is 39.3 Å². The van der Waals surface area contributed by atoms with Crippen molar-refractivity contribution in [1.82, 2.24) is 20.3 Å². The van der Waals surface area contributed by atoms with Gasteiger partial charge in [-0.25, -0.2) is 0 Å². The predicted octanol–water partition coefficient (Wildman–Crippen LogP) is 1.12. The van der Waals surface area contributed by atoms with Crippen LogP contribution in [0, 0.1) is 6.92 Å². The highest BCUT2D eigenvalue weighted by molar-refractivity contribution is 5.92. The largest absolute Gasteiger partial charge is 0.396 e. The molecule has 114 valence electrons. The van der Waals surface area contributed by atoms with Crippen LogP contribution in [0.3, 0.4) is 0 Å². The van der Waals surface area contributed by atoms with Crippen LogP contribution in [0.25, 0.3) is 0 Å². The second-order valence-corrected chi connectivity index (χ2v) is 5.13. The van der Waals surface area contributed by atoms with Crippen LogP contribution in [0.15, 0.2) is 23.0 Å². The van der Waals surface area contributed by atoms with Crippen LogP contribution in [0.1, 0.15) is 41.6 Å². The van der Waals surface area contributed by atoms with Gasteiger partial charge >= 0.3 is 0 Å². The third-order valence-electron chi connectivity index (χ3n) is 3.04. The number of hydrogen-bond acceptors (Lipinski definition) is 5. The van der Waals surface area contributed by atoms with E-state index in [0.29, 0.717) is 18.7 Å². The molecule has 21 heavy (non-hydrogen) atoms. The number of aliphatic hydroxyl groups excluding tert-OH is 1. The van der Waals surface area contributed by atoms with Gasteiger partial charge in [-0.15, -0.1) is 0 Å². The number of aromatic nitrogens is 3. The van der Waals surface area contributed by atoms with Gasteiger partial charge < -0.3 is 14.9 Å². The van der Waals surface area contributed by atoms with Crippen LogP contribution in [0.2, 0.25) is 0 Å². The summed E-state index contributed by atoms with van der Waals surface area (Å²) in [6.07, 6.45) is 5.02. The highest BCUT2D eigenvalue weighted by Crippen LogP contribution is 2.07. The van der Waals surface area contributed by atoms with Gasteiger partial charge in [0, 0.05) is 24.9 Å². The molecule has 7 nitrogen and oxygen atoms in total. The van der Waals surface area contributed by atoms with Crippen LogP contribution >= 0.6 is 0 Å². The Bertz CT molecular complexity index is 591. The number of rotatable bonds is 7. The summed E-state index contributed by atoms with van der Waals surface area (Å²) in [4.78, 5) is 12.0. The molecule has 1 atom stereocenters. The molecular weight excluding hydrogens is 272 g/mol. The van der Waals surface area contributed by atoms with E-state index in [0.717, 1.165) is 12.0 Å². The summed E-state index contributed by atoms with van der Waals surface area (Å²) in [6, 6.07) is 1.60. The maximum atomic E-state index is 12.0. The van der Waals surface area contributed by atoms with Crippen molar-refractivity contribution < 1.29 is 14.4 Å². The number of aryl methyl sites for hydroxylation is 1. The Labute approximate surface area is 122 Å². The Hall–Kier alpha value is -2.15. The number of nitrogens with one attached hydrogen (secondary N) is 1. The molecule has 0 aliphatic heterocycles. The highest BCUT2D eigenvalue weighted by atomic mass is 16.5. The standard InChI is InChI=1S/C14H20N4O3/c1-10-7-15-18(8-10)9-12-6-13(17-21-12)14(20)16-11(2)4-3-5-19/h6-8,11,19H,3-5,9H2,1-2H3,(H,16,20). The zero-order valence-corrected chi connectivity index (χ0v) is 12.2. The first kappa shape index (κ1) is 15.2. The predicted molar refractivity (Wildman–Crippen MR) is 75.8 cm³/mol. The van der Waals surface area contributed by atoms with Gasteiger partial charge in [-0.3, -0.25) is 9.48 Å². The van der Waals surface area contributed by atoms with E-state index in [1.54, 1.807) is 16.9 Å². The first-order valence-electron chi connectivity index (χ1n) is 6.95. The molecule has 0 bridgehead atoms. The van der Waals surface area contributed by atoms with Gasteiger partial charge in [0.05, 0.1) is 6.20 Å². The molecule has 0 spiro atoms. The Morgan fingerprint density at radius 2 is 2.38 bits per heavy atom. The molecule has 7 heteroatoms. The molecule has 1 unspecified atom stereocenters. The monoisotopic (exact) mass is 292 g/mol. The van der Waals surface area contributed by atoms with Crippen LogP contribution in [0.5, 0.6) is 0 Å². The van der Waals surface area contributed by atoms with Gasteiger partial charge in [0.1, 0.15) is 6.54 Å². The zero-order valence-electron chi connectivity index (χ0n) is 12.2. The molecule has 0 saturated carbocycles. The number of hydrogen-bond donors (Lipinski definition) is 2. The van der Waals surface area contributed by atoms with Crippen molar-refractivity contribution in [3.8, 4) is 0 Å². The molecule has 0 saturated heterocycles. The zero-order chi connectivity index (χ0) is 15.2. The van der Waals surface area contributed by atoms with Crippen molar-refractivity contribution in [1.29, 1.82) is 0 Å². The normalized spacial score (nSPS) is 12.3. The second-order valence-electron chi connectivity index (χ2n) is 5.13. The fourth-order valence-electron chi connectivity index (χ4n) is 1.97. The van der Waals surface area contributed by atoms with Crippen molar-refractivity contribution in [3.63, 3.8) is 0 Å². The first-order valence-corrected chi connectivity index (χ1v) is 6.95. The Morgan fingerprint density at radius 3 is 3.05 bits per heavy atom. The Kier molecular flexibility index (Phi) is 5.10. The lowest BCUT2D eigenvalue weighted by atomic mass is 10.2. The van der Waals surface area contributed by atoms with Gasteiger partial charge in [-0.1, -0.05) is 5.16 Å². The molecule has 0 aliphatic carbocycles. The van der Waals surface area contributed by atoms with Gasteiger partial charge in [-0.2, -0.15) is 5.10 Å². The smallest absolute Gasteiger partial charge is 0.273 e. The fourth-order valence-corrected chi connectivity index (χ4v) is 1.97. The lowest BCUT2D eigenvalue weighted by Gasteiger charge is -2.11. The highest BCUT2D eigenvalue weighted by Gasteiger charge is 2.15. The van der Waals surface area contributed by atoms with Crippen molar-refractivity contribution in [2.24, 2.45) is 0 Å². The minimum absolute atomic E-state index is 0.0152. The number of amides is 1. The summed E-state index contributed by atoms with van der Waals surface area (Å²) in [5, 5.41) is 19.5. The molecule has 1 amide bonds. The van der Waals surface area contributed by atoms with Crippen LogP contribution in [-0.2, 0) is 6.54 Å². The number of carbonyl (C=O) groups excluding carboxylic acids is 1. The lowest BCUT2D eigenvalue weighted by molar-refractivity contribution is 0.0927. The van der Waals surface area contributed by atoms with E-state index in [-0.39, 0.29) is 24.2 Å². The summed E-state index contributed by atoms with van der Waals surface area (Å²) in [5.41, 5.74) is 1.31. The van der Waals surface area contributed by atoms with Crippen LogP contribution in [-0.4, -0.2) is 38.6 Å². The lowest BCUT2D eigenvalue weighted by Crippen LogP contribution is -2.32. The quantitative estimate of drug-likeness (QED) is 0.797. The third-order valence-corrected chi connectivity index (χ3v) is 3.04. The fraction of sp³-hybridized carbons (Fsp3) is 0.500. The molecule has 2 N–H and O–H groups in total. The van der Waals surface area contributed by atoms with E-state index in [9.17, 15) is 4.79 Å². The summed E-state index contributed by atoms with van der Waals surface area (Å²) in [5.74, 6) is 0.304. The molecule has 0 radical (unpaired) electrons. The number of aliphatic hydroxyl groups is 1. The summed E-state index contributed by atoms with van der Waals surface area (Å²) >= 11 is 0. The van der Waals surface area contributed by atoms with Gasteiger partial charge in [0.2, 0.25) is 0 Å². The van der Waals surface area contributed by atoms with Gasteiger partial charge in [0.15, 0.2) is 11.5 Å². The summed E-state index contributed by atoms with van der Waals surface area (Å²) in [6.45, 7) is 4.41. The number of nitrogens with zero attached hydrogens (tertiary/aromatic N) is 3. The average molecular weight is 292 g/mol. The van der Waals surface area contributed by atoms with Crippen LogP contribution in [0.4, 0.5) is 0 Å². The molecule has 2 aromatic rings. The third kappa shape index (κ3) is 4.42. The van der Waals surface area contributed by atoms with E-state index in [4.69, 9.17) is 9.63 Å². The van der Waals surface area contributed by atoms with Crippen molar-refractivity contribution >= 4 is 5.91 Å². The molecule has 0 aromatic carbocycles. The molecule has 0 fully saturated rings. The minimum atomic E-state index is -0.271. The van der Waals surface area contributed by atoms with E-state index in [1.165, 1.54) is 0 Å². The minimum Gasteiger partial charge on any atom is -0.396 e. The maximum absolute atomic E-state index is 12.0. The van der Waals surface area contributed by atoms with Gasteiger partial charge in [0.25, 0.3) is 5.91 Å². The SMILES string of the molecule is Cc1cnn(Cc2cc(C(=O)NC(C)CCCO)no2)c1. The van der Waals surface area contributed by atoms with E-state index in [2.05, 4.69) is 15.6 Å². The molecule has 2 rings (SSSR count). The number of carbonyl (C=O) groups is 1. The van der Waals surface area contributed by atoms with Crippen LogP contribution < -0.4 is 5.32 Å². The molecule has 0 aliphatic rings. The van der Waals surface area contributed by atoms with Crippen molar-refractivity contribution in [2.75, 3.05) is 6.61 Å². The molecule has 2 heterocycles. The summed E-state index contributed by atoms with van der Waals surface area (Å²) in [7, 11) is 0. The Balaban J connectivity index is 1.91. The average Bonchev–Trinajstić information content (AvgIpc) is 3.06. The maximum Gasteiger partial charge on any atom is 0.273 e. The molecule has 2 aromatic heterocycles. The van der Waals surface area contributed by atoms with Gasteiger partial charge in [-0.05, 0) is 32.3 Å². The van der Waals surface area contributed by atoms with E-state index < -0.39 is 0 Å². The van der Waals surface area contributed by atoms with E-state index in [1.807, 2.05) is 20.0 Å². The second kappa shape index (κ2) is 7.03.